The summed E-state index contributed by atoms with van der Waals surface area (Å²) in [5.74, 6) is 10.6. The van der Waals surface area contributed by atoms with Crippen LogP contribution in [0.4, 0.5) is 0 Å². The Kier molecular flexibility index (Phi) is 2.10. The summed E-state index contributed by atoms with van der Waals surface area (Å²) in [6.07, 6.45) is 10.9. The van der Waals surface area contributed by atoms with Crippen LogP contribution in [0.2, 0.25) is 0 Å². The highest BCUT2D eigenvalue weighted by Gasteiger charge is 2.80. The summed E-state index contributed by atoms with van der Waals surface area (Å²) >= 11 is 0. The predicted octanol–water partition coefficient (Wildman–Crippen LogP) is 3.64. The quantitative estimate of drug-likeness (QED) is 0.757. The highest BCUT2D eigenvalue weighted by atomic mass is 15.2. The molecule has 0 radical (unpaired) electrons. The SMILES string of the molecule is CN(CC1CCCCC1)[C@H]1[C@H]2[C@H]3C[C@@H]4[C@H]5[C@H]3C[C@H]2[C@@H]5[C@H]41. The largest absolute Gasteiger partial charge is 0.303 e. The molecule has 0 spiro atoms. The van der Waals surface area contributed by atoms with E-state index in [4.69, 9.17) is 0 Å². The van der Waals surface area contributed by atoms with Crippen LogP contribution in [0.15, 0.2) is 0 Å². The number of hydrogen-bond acceptors (Lipinski definition) is 1. The number of hydrogen-bond donors (Lipinski definition) is 0. The predicted molar refractivity (Wildman–Crippen MR) is 80.1 cm³/mol. The number of fused-ring (bicyclic) bond motifs is 2. The maximum Gasteiger partial charge on any atom is 0.0160 e. The summed E-state index contributed by atoms with van der Waals surface area (Å²) in [5, 5.41) is 0. The first-order chi connectivity index (χ1) is 9.84. The van der Waals surface area contributed by atoms with E-state index in [1.54, 1.807) is 12.8 Å². The molecule has 1 heteroatoms. The fourth-order valence-electron chi connectivity index (χ4n) is 8.91. The van der Waals surface area contributed by atoms with E-state index < -0.39 is 0 Å². The van der Waals surface area contributed by atoms with Gasteiger partial charge in [-0.2, -0.15) is 0 Å². The molecule has 6 fully saturated rings. The van der Waals surface area contributed by atoms with Crippen molar-refractivity contribution in [1.29, 1.82) is 0 Å². The van der Waals surface area contributed by atoms with Crippen LogP contribution in [0, 0.1) is 53.3 Å². The standard InChI is InChI=1S/C19H29N/c1-20(9-10-5-3-2-4-6-10)19-16-12-8-13-15-11(12)7-14(16)17(15)18(13)19/h10-19H,2-9H2,1H3/t11-,12-,13+,14+,15+,16-,17-,18-,19-/m0/s1. The highest BCUT2D eigenvalue weighted by molar-refractivity contribution is 5.29. The second-order valence-corrected chi connectivity index (χ2v) is 9.37. The summed E-state index contributed by atoms with van der Waals surface area (Å²) < 4.78 is 0. The van der Waals surface area contributed by atoms with Crippen LogP contribution >= 0.6 is 0 Å². The molecule has 0 aliphatic heterocycles. The Hall–Kier alpha value is -0.0400. The van der Waals surface area contributed by atoms with Gasteiger partial charge in [0, 0.05) is 12.6 Å². The Morgan fingerprint density at radius 2 is 1.45 bits per heavy atom. The molecule has 0 amide bonds. The van der Waals surface area contributed by atoms with E-state index in [2.05, 4.69) is 11.9 Å². The lowest BCUT2D eigenvalue weighted by Crippen LogP contribution is -2.52. The van der Waals surface area contributed by atoms with Gasteiger partial charge in [0.05, 0.1) is 0 Å². The van der Waals surface area contributed by atoms with Crippen LogP contribution in [0.3, 0.4) is 0 Å². The van der Waals surface area contributed by atoms with Crippen molar-refractivity contribution in [3.8, 4) is 0 Å². The van der Waals surface area contributed by atoms with E-state index in [-0.39, 0.29) is 0 Å². The van der Waals surface area contributed by atoms with Crippen LogP contribution < -0.4 is 0 Å². The van der Waals surface area contributed by atoms with Crippen molar-refractivity contribution in [2.45, 2.75) is 51.0 Å². The topological polar surface area (TPSA) is 3.24 Å². The molecule has 6 rings (SSSR count). The average molecular weight is 271 g/mol. The monoisotopic (exact) mass is 271 g/mol. The van der Waals surface area contributed by atoms with Gasteiger partial charge >= 0.3 is 0 Å². The number of rotatable bonds is 3. The molecular weight excluding hydrogens is 242 g/mol. The molecule has 0 aromatic carbocycles. The minimum Gasteiger partial charge on any atom is -0.303 e. The van der Waals surface area contributed by atoms with Crippen molar-refractivity contribution >= 4 is 0 Å². The smallest absolute Gasteiger partial charge is 0.0160 e. The van der Waals surface area contributed by atoms with E-state index in [9.17, 15) is 0 Å². The molecular formula is C19H29N. The zero-order valence-corrected chi connectivity index (χ0v) is 12.9. The Morgan fingerprint density at radius 3 is 2.25 bits per heavy atom. The number of nitrogens with zero attached hydrogens (tertiary/aromatic N) is 1. The van der Waals surface area contributed by atoms with Crippen LogP contribution in [-0.2, 0) is 0 Å². The first-order valence-electron chi connectivity index (χ1n) is 9.55. The zero-order chi connectivity index (χ0) is 13.0. The fraction of sp³-hybridized carbons (Fsp3) is 1.00. The molecule has 9 atom stereocenters. The van der Waals surface area contributed by atoms with Gasteiger partial charge in [-0.05, 0) is 86.0 Å². The van der Waals surface area contributed by atoms with Crippen LogP contribution in [0.25, 0.3) is 0 Å². The second-order valence-electron chi connectivity index (χ2n) is 9.37. The van der Waals surface area contributed by atoms with E-state index in [0.717, 1.165) is 23.8 Å². The third-order valence-electron chi connectivity index (χ3n) is 9.06. The molecule has 110 valence electrons. The van der Waals surface area contributed by atoms with E-state index in [0.29, 0.717) is 0 Å². The Balaban J connectivity index is 1.25. The van der Waals surface area contributed by atoms with Gasteiger partial charge in [-0.1, -0.05) is 19.3 Å². The Morgan fingerprint density at radius 1 is 0.750 bits per heavy atom. The van der Waals surface area contributed by atoms with E-state index >= 15 is 0 Å². The first-order valence-corrected chi connectivity index (χ1v) is 9.55. The van der Waals surface area contributed by atoms with Crippen LogP contribution in [-0.4, -0.2) is 24.5 Å². The van der Waals surface area contributed by atoms with Crippen molar-refractivity contribution in [2.24, 2.45) is 53.3 Å². The van der Waals surface area contributed by atoms with Crippen molar-refractivity contribution in [3.05, 3.63) is 0 Å². The summed E-state index contributed by atoms with van der Waals surface area (Å²) in [7, 11) is 2.50. The Bertz CT molecular complexity index is 433. The van der Waals surface area contributed by atoms with Gasteiger partial charge in [-0.15, -0.1) is 0 Å². The molecule has 0 aromatic heterocycles. The van der Waals surface area contributed by atoms with Crippen LogP contribution in [0.1, 0.15) is 44.9 Å². The maximum atomic E-state index is 2.89. The third-order valence-corrected chi connectivity index (χ3v) is 9.06. The highest BCUT2D eigenvalue weighted by Crippen LogP contribution is 2.83. The van der Waals surface area contributed by atoms with Gasteiger partial charge in [0.15, 0.2) is 0 Å². The molecule has 0 N–H and O–H groups in total. The van der Waals surface area contributed by atoms with Crippen molar-refractivity contribution in [3.63, 3.8) is 0 Å². The van der Waals surface area contributed by atoms with Gasteiger partial charge in [0.2, 0.25) is 0 Å². The van der Waals surface area contributed by atoms with Gasteiger partial charge < -0.3 is 4.90 Å². The van der Waals surface area contributed by atoms with Crippen molar-refractivity contribution in [1.82, 2.24) is 4.90 Å². The molecule has 0 unspecified atom stereocenters. The lowest BCUT2D eigenvalue weighted by Gasteiger charge is -2.50. The lowest BCUT2D eigenvalue weighted by atomic mass is 9.58. The van der Waals surface area contributed by atoms with E-state index in [1.165, 1.54) is 74.2 Å². The fourth-order valence-corrected chi connectivity index (χ4v) is 8.91. The molecule has 0 saturated heterocycles. The summed E-state index contributed by atoms with van der Waals surface area (Å²) in [5.41, 5.74) is 0. The lowest BCUT2D eigenvalue weighted by molar-refractivity contribution is -0.0244. The van der Waals surface area contributed by atoms with E-state index in [1.807, 2.05) is 0 Å². The molecule has 2 bridgehead atoms. The van der Waals surface area contributed by atoms with Gasteiger partial charge in [0.25, 0.3) is 0 Å². The van der Waals surface area contributed by atoms with Crippen molar-refractivity contribution in [2.75, 3.05) is 13.6 Å². The van der Waals surface area contributed by atoms with Crippen LogP contribution in [0.5, 0.6) is 0 Å². The molecule has 0 aromatic rings. The minimum absolute atomic E-state index is 1.03. The summed E-state index contributed by atoms with van der Waals surface area (Å²) in [6, 6.07) is 1.03. The van der Waals surface area contributed by atoms with Gasteiger partial charge in [-0.25, -0.2) is 0 Å². The first kappa shape index (κ1) is 11.5. The molecule has 6 aliphatic carbocycles. The molecule has 20 heavy (non-hydrogen) atoms. The Labute approximate surface area is 123 Å². The molecule has 6 aliphatic rings. The minimum atomic E-state index is 1.03. The third kappa shape index (κ3) is 1.12. The second kappa shape index (κ2) is 3.65. The average Bonchev–Trinajstić information content (AvgIpc) is 2.98. The van der Waals surface area contributed by atoms with Crippen molar-refractivity contribution < 1.29 is 0 Å². The van der Waals surface area contributed by atoms with Gasteiger partial charge in [-0.3, -0.25) is 0 Å². The normalized spacial score (nSPS) is 61.8. The van der Waals surface area contributed by atoms with Gasteiger partial charge in [0.1, 0.15) is 0 Å². The maximum absolute atomic E-state index is 2.89. The molecule has 6 saturated carbocycles. The summed E-state index contributed by atoms with van der Waals surface area (Å²) in [4.78, 5) is 2.89. The zero-order valence-electron chi connectivity index (χ0n) is 12.9. The summed E-state index contributed by atoms with van der Waals surface area (Å²) in [6.45, 7) is 1.44. The molecule has 1 nitrogen and oxygen atoms in total. The molecule has 0 heterocycles.